The lowest BCUT2D eigenvalue weighted by Crippen LogP contribution is -2.47. The minimum Gasteiger partial charge on any atom is -0.365 e. The fraction of sp³-hybridized carbons (Fsp3) is 0.667. The molecule has 0 fully saturated rings. The van der Waals surface area contributed by atoms with Crippen LogP contribution >= 0.6 is 11.6 Å². The van der Waals surface area contributed by atoms with Gasteiger partial charge >= 0.3 is 11.3 Å². The lowest BCUT2D eigenvalue weighted by Gasteiger charge is -2.16. The summed E-state index contributed by atoms with van der Waals surface area (Å²) in [5, 5.41) is -4.45. The predicted molar refractivity (Wildman–Crippen MR) is 24.9 cm³/mol. The molecule has 1 amide bonds. The van der Waals surface area contributed by atoms with Crippen molar-refractivity contribution in [3.05, 3.63) is 0 Å². The number of halogens is 5. The van der Waals surface area contributed by atoms with Crippen molar-refractivity contribution in [1.82, 2.24) is 0 Å². The highest BCUT2D eigenvalue weighted by atomic mass is 35.5. The fourth-order valence-corrected chi connectivity index (χ4v) is 0.140. The van der Waals surface area contributed by atoms with E-state index in [9.17, 15) is 22.4 Å². The Hall–Kier alpha value is -0.520. The SMILES string of the molecule is NC(=O)[C@](F)(Cl)C(F)(F)F. The molecule has 0 radical (unpaired) electrons. The van der Waals surface area contributed by atoms with Crippen LogP contribution in [0.1, 0.15) is 0 Å². The zero-order valence-corrected chi connectivity index (χ0v) is 5.13. The van der Waals surface area contributed by atoms with Gasteiger partial charge in [-0.05, 0) is 0 Å². The van der Waals surface area contributed by atoms with Gasteiger partial charge in [-0.25, -0.2) is 4.39 Å². The van der Waals surface area contributed by atoms with Crippen molar-refractivity contribution in [2.75, 3.05) is 0 Å². The van der Waals surface area contributed by atoms with Crippen LogP contribution in [-0.4, -0.2) is 17.2 Å². The van der Waals surface area contributed by atoms with Crippen LogP contribution in [0.5, 0.6) is 0 Å². The molecule has 0 aromatic rings. The minimum absolute atomic E-state index is 2.26. The molecule has 0 aliphatic carbocycles. The van der Waals surface area contributed by atoms with E-state index < -0.39 is 17.2 Å². The maximum Gasteiger partial charge on any atom is 0.446 e. The zero-order chi connectivity index (χ0) is 8.58. The highest BCUT2D eigenvalue weighted by Gasteiger charge is 2.60. The van der Waals surface area contributed by atoms with Crippen molar-refractivity contribution in [2.24, 2.45) is 5.73 Å². The van der Waals surface area contributed by atoms with Gasteiger partial charge in [0, 0.05) is 0 Å². The monoisotopic (exact) mass is 179 g/mol. The Bertz CT molecular complexity index is 153. The average Bonchev–Trinajstić information content (AvgIpc) is 1.62. The molecule has 0 heterocycles. The van der Waals surface area contributed by atoms with E-state index in [2.05, 4.69) is 17.3 Å². The molecule has 0 aliphatic heterocycles. The number of hydrogen-bond donors (Lipinski definition) is 1. The van der Waals surface area contributed by atoms with Crippen LogP contribution in [0, 0.1) is 0 Å². The summed E-state index contributed by atoms with van der Waals surface area (Å²) in [6.07, 6.45) is -5.46. The van der Waals surface area contributed by atoms with Crippen LogP contribution < -0.4 is 5.73 Å². The summed E-state index contributed by atoms with van der Waals surface area (Å²) in [7, 11) is 0. The van der Waals surface area contributed by atoms with E-state index in [-0.39, 0.29) is 0 Å². The Morgan fingerprint density at radius 2 is 1.60 bits per heavy atom. The van der Waals surface area contributed by atoms with E-state index in [1.165, 1.54) is 0 Å². The normalized spacial score (nSPS) is 18.1. The van der Waals surface area contributed by atoms with Crippen molar-refractivity contribution < 1.29 is 22.4 Å². The molecule has 0 rings (SSSR count). The van der Waals surface area contributed by atoms with Gasteiger partial charge < -0.3 is 5.73 Å². The quantitative estimate of drug-likeness (QED) is 0.472. The molecule has 2 nitrogen and oxygen atoms in total. The van der Waals surface area contributed by atoms with Gasteiger partial charge in [-0.1, -0.05) is 11.6 Å². The Balaban J connectivity index is 4.57. The molecule has 1 atom stereocenters. The lowest BCUT2D eigenvalue weighted by atomic mass is 10.3. The maximum absolute atomic E-state index is 11.9. The van der Waals surface area contributed by atoms with Gasteiger partial charge in [-0.2, -0.15) is 13.2 Å². The van der Waals surface area contributed by atoms with Gasteiger partial charge in [0.1, 0.15) is 0 Å². The second kappa shape index (κ2) is 2.26. The van der Waals surface area contributed by atoms with E-state index in [1.54, 1.807) is 0 Å². The second-order valence-electron chi connectivity index (χ2n) is 1.44. The molecule has 0 aromatic carbocycles. The van der Waals surface area contributed by atoms with Crippen molar-refractivity contribution in [3.8, 4) is 0 Å². The van der Waals surface area contributed by atoms with E-state index in [4.69, 9.17) is 0 Å². The molecule has 60 valence electrons. The first-order valence-electron chi connectivity index (χ1n) is 1.94. The molecule has 7 heteroatoms. The summed E-state index contributed by atoms with van der Waals surface area (Å²) in [6.45, 7) is 0. The van der Waals surface area contributed by atoms with Gasteiger partial charge in [0.2, 0.25) is 0 Å². The van der Waals surface area contributed by atoms with Crippen molar-refractivity contribution in [3.63, 3.8) is 0 Å². The van der Waals surface area contributed by atoms with Gasteiger partial charge in [-0.15, -0.1) is 0 Å². The van der Waals surface area contributed by atoms with Crippen molar-refractivity contribution in [2.45, 2.75) is 11.3 Å². The number of amides is 1. The molecule has 0 saturated heterocycles. The summed E-state index contributed by atoms with van der Waals surface area (Å²) < 4.78 is 45.7. The van der Waals surface area contributed by atoms with E-state index in [1.807, 2.05) is 0 Å². The zero-order valence-electron chi connectivity index (χ0n) is 4.38. The Labute approximate surface area is 57.9 Å². The Kier molecular flexibility index (Phi) is 2.15. The minimum atomic E-state index is -5.46. The largest absolute Gasteiger partial charge is 0.446 e. The number of carbonyl (C=O) groups is 1. The highest BCUT2D eigenvalue weighted by Crippen LogP contribution is 2.36. The topological polar surface area (TPSA) is 43.1 Å². The summed E-state index contributed by atoms with van der Waals surface area (Å²) >= 11 is 4.08. The third-order valence-corrected chi connectivity index (χ3v) is 1.07. The number of hydrogen-bond acceptors (Lipinski definition) is 1. The summed E-state index contributed by atoms with van der Waals surface area (Å²) in [4.78, 5) is 9.66. The van der Waals surface area contributed by atoms with Crippen LogP contribution in [0.3, 0.4) is 0 Å². The second-order valence-corrected chi connectivity index (χ2v) is 1.96. The summed E-state index contributed by atoms with van der Waals surface area (Å²) in [5.74, 6) is -2.26. The predicted octanol–water partition coefficient (Wildman–Crippen LogP) is 0.939. The highest BCUT2D eigenvalue weighted by molar-refractivity contribution is 6.34. The first kappa shape index (κ1) is 9.48. The molecule has 0 saturated carbocycles. The maximum atomic E-state index is 11.9. The standard InChI is InChI=1S/C3H2ClF4NO/c4-2(5,1(9)10)3(6,7)8/h(H2,9,10)/t2-/m1/s1. The first-order chi connectivity index (χ1) is 4.19. The number of rotatable bonds is 1. The summed E-state index contributed by atoms with van der Waals surface area (Å²) in [6, 6.07) is 0. The van der Waals surface area contributed by atoms with Gasteiger partial charge in [-0.3, -0.25) is 4.79 Å². The van der Waals surface area contributed by atoms with Crippen molar-refractivity contribution >= 4 is 17.5 Å². The number of primary amides is 1. The van der Waals surface area contributed by atoms with Crippen LogP contribution in [0.4, 0.5) is 17.6 Å². The van der Waals surface area contributed by atoms with E-state index >= 15 is 0 Å². The van der Waals surface area contributed by atoms with E-state index in [0.717, 1.165) is 0 Å². The van der Waals surface area contributed by atoms with Gasteiger partial charge in [0.25, 0.3) is 5.91 Å². The molecule has 0 aliphatic rings. The van der Waals surface area contributed by atoms with Crippen LogP contribution in [0.15, 0.2) is 0 Å². The van der Waals surface area contributed by atoms with Crippen LogP contribution in [-0.2, 0) is 4.79 Å². The smallest absolute Gasteiger partial charge is 0.365 e. The molecule has 0 bridgehead atoms. The fourth-order valence-electron chi connectivity index (χ4n) is 0.140. The number of carbonyl (C=O) groups excluding carboxylic acids is 1. The number of nitrogens with two attached hydrogens (primary N) is 1. The van der Waals surface area contributed by atoms with Gasteiger partial charge in [0.05, 0.1) is 0 Å². The summed E-state index contributed by atoms with van der Waals surface area (Å²) in [5.41, 5.74) is 3.99. The molecule has 0 aromatic heterocycles. The van der Waals surface area contributed by atoms with Crippen LogP contribution in [0.25, 0.3) is 0 Å². The Morgan fingerprint density at radius 3 is 1.60 bits per heavy atom. The molecule has 2 N–H and O–H groups in total. The molecular weight excluding hydrogens is 177 g/mol. The average molecular weight is 179 g/mol. The molecule has 10 heavy (non-hydrogen) atoms. The van der Waals surface area contributed by atoms with Crippen LogP contribution in [0.2, 0.25) is 0 Å². The Morgan fingerprint density at radius 1 is 1.30 bits per heavy atom. The first-order valence-corrected chi connectivity index (χ1v) is 2.32. The van der Waals surface area contributed by atoms with E-state index in [0.29, 0.717) is 0 Å². The van der Waals surface area contributed by atoms with Gasteiger partial charge in [0.15, 0.2) is 0 Å². The molecular formula is C3H2ClF4NO. The molecule has 0 unspecified atom stereocenters. The molecule has 0 spiro atoms. The number of alkyl halides is 5. The third kappa shape index (κ3) is 1.50. The lowest BCUT2D eigenvalue weighted by molar-refractivity contribution is -0.198. The third-order valence-electron chi connectivity index (χ3n) is 0.665. The van der Waals surface area contributed by atoms with Crippen molar-refractivity contribution in [1.29, 1.82) is 0 Å².